The first-order valence-corrected chi connectivity index (χ1v) is 10.5. The first kappa shape index (κ1) is 16.1. The molecule has 2 aliphatic heterocycles. The normalized spacial score (nSPS) is 26.8. The highest BCUT2D eigenvalue weighted by Crippen LogP contribution is 2.38. The molecule has 5 nitrogen and oxygen atoms in total. The van der Waals surface area contributed by atoms with E-state index in [0.29, 0.717) is 22.7 Å². The van der Waals surface area contributed by atoms with Gasteiger partial charge in [0.05, 0.1) is 11.7 Å². The number of benzene rings is 1. The minimum Gasteiger partial charge on any atom is -0.265 e. The van der Waals surface area contributed by atoms with Gasteiger partial charge in [-0.25, -0.2) is 13.8 Å². The first-order valence-electron chi connectivity index (χ1n) is 8.20. The highest BCUT2D eigenvalue weighted by Gasteiger charge is 2.35. The molecule has 3 heterocycles. The van der Waals surface area contributed by atoms with Gasteiger partial charge >= 0.3 is 0 Å². The zero-order valence-corrected chi connectivity index (χ0v) is 15.3. The molecule has 0 aliphatic carbocycles. The van der Waals surface area contributed by atoms with Crippen molar-refractivity contribution in [3.8, 4) is 0 Å². The van der Waals surface area contributed by atoms with Gasteiger partial charge in [-0.1, -0.05) is 25.1 Å². The first-order chi connectivity index (χ1) is 11.5. The Hall–Kier alpha value is -1.41. The molecule has 2 aliphatic rings. The van der Waals surface area contributed by atoms with Crippen molar-refractivity contribution in [2.45, 2.75) is 36.6 Å². The molecule has 1 fully saturated rings. The van der Waals surface area contributed by atoms with Crippen molar-refractivity contribution < 1.29 is 8.42 Å². The van der Waals surface area contributed by atoms with E-state index in [0.717, 1.165) is 22.5 Å². The maximum Gasteiger partial charge on any atom is 0.273 e. The standard InChI is InChI=1S/C17H21N3O2S2/c1-11-12(2)18-19-17(11)15-7-8-16(23-15)24(21,22)20-10-9-13-5-3-4-6-14(13)20/h3-8,11-12,17-19H,9-10H2,1-2H3. The molecule has 3 unspecified atom stereocenters. The number of sulfonamides is 1. The molecule has 0 radical (unpaired) electrons. The van der Waals surface area contributed by atoms with Gasteiger partial charge in [-0.15, -0.1) is 11.3 Å². The maximum absolute atomic E-state index is 13.1. The average molecular weight is 364 g/mol. The molecule has 0 saturated carbocycles. The third kappa shape index (κ3) is 2.47. The van der Waals surface area contributed by atoms with Crippen LogP contribution >= 0.6 is 11.3 Å². The van der Waals surface area contributed by atoms with Crippen LogP contribution < -0.4 is 15.2 Å². The smallest absolute Gasteiger partial charge is 0.265 e. The zero-order chi connectivity index (χ0) is 16.9. The van der Waals surface area contributed by atoms with Gasteiger partial charge in [0.15, 0.2) is 0 Å². The fraction of sp³-hybridized carbons (Fsp3) is 0.412. The van der Waals surface area contributed by atoms with Crippen molar-refractivity contribution in [3.63, 3.8) is 0 Å². The van der Waals surface area contributed by atoms with Crippen molar-refractivity contribution in [3.05, 3.63) is 46.8 Å². The third-order valence-corrected chi connectivity index (χ3v) is 8.53. The highest BCUT2D eigenvalue weighted by molar-refractivity contribution is 7.94. The lowest BCUT2D eigenvalue weighted by molar-refractivity contribution is 0.481. The van der Waals surface area contributed by atoms with Gasteiger partial charge in [0.2, 0.25) is 0 Å². The van der Waals surface area contributed by atoms with Crippen molar-refractivity contribution >= 4 is 27.0 Å². The Kier molecular flexibility index (Phi) is 3.91. The number of rotatable bonds is 3. The monoisotopic (exact) mass is 363 g/mol. The van der Waals surface area contributed by atoms with Crippen LogP contribution in [0.3, 0.4) is 0 Å². The van der Waals surface area contributed by atoms with Crippen molar-refractivity contribution in [1.82, 2.24) is 10.9 Å². The van der Waals surface area contributed by atoms with Gasteiger partial charge in [0, 0.05) is 17.5 Å². The number of hydrogen-bond donors (Lipinski definition) is 2. The minimum atomic E-state index is -3.49. The highest BCUT2D eigenvalue weighted by atomic mass is 32.2. The summed E-state index contributed by atoms with van der Waals surface area (Å²) in [6.45, 7) is 4.82. The van der Waals surface area contributed by atoms with Gasteiger partial charge in [0.25, 0.3) is 10.0 Å². The fourth-order valence-electron chi connectivity index (χ4n) is 3.41. The molecule has 0 amide bonds. The van der Waals surface area contributed by atoms with E-state index in [9.17, 15) is 8.42 Å². The quantitative estimate of drug-likeness (QED) is 0.880. The summed E-state index contributed by atoms with van der Waals surface area (Å²) in [5, 5.41) is 0. The van der Waals surface area contributed by atoms with E-state index in [-0.39, 0.29) is 6.04 Å². The Morgan fingerprint density at radius 2 is 1.92 bits per heavy atom. The van der Waals surface area contributed by atoms with Crippen LogP contribution in [0.15, 0.2) is 40.6 Å². The molecule has 128 valence electrons. The molecule has 1 aromatic heterocycles. The third-order valence-electron chi connectivity index (χ3n) is 5.08. The number of para-hydroxylation sites is 1. The molecule has 0 bridgehead atoms. The molecule has 1 aromatic carbocycles. The molecule has 2 aromatic rings. The molecule has 2 N–H and O–H groups in total. The van der Waals surface area contributed by atoms with E-state index < -0.39 is 10.0 Å². The molecule has 24 heavy (non-hydrogen) atoms. The molecule has 7 heteroatoms. The second kappa shape index (κ2) is 5.84. The zero-order valence-electron chi connectivity index (χ0n) is 13.7. The molecular formula is C17H21N3O2S2. The lowest BCUT2D eigenvalue weighted by Gasteiger charge is -2.18. The van der Waals surface area contributed by atoms with Crippen LogP contribution in [0.2, 0.25) is 0 Å². The van der Waals surface area contributed by atoms with Crippen LogP contribution in [0.4, 0.5) is 5.69 Å². The number of hydrogen-bond acceptors (Lipinski definition) is 5. The molecule has 3 atom stereocenters. The summed E-state index contributed by atoms with van der Waals surface area (Å²) in [5.74, 6) is 0.409. The molecule has 4 rings (SSSR count). The number of thiophene rings is 1. The second-order valence-corrected chi connectivity index (χ2v) is 9.73. The predicted octanol–water partition coefficient (Wildman–Crippen LogP) is 2.67. The van der Waals surface area contributed by atoms with Crippen LogP contribution in [-0.4, -0.2) is 21.0 Å². The largest absolute Gasteiger partial charge is 0.273 e. The predicted molar refractivity (Wildman–Crippen MR) is 96.6 cm³/mol. The van der Waals surface area contributed by atoms with E-state index in [2.05, 4.69) is 24.7 Å². The van der Waals surface area contributed by atoms with Crippen molar-refractivity contribution in [2.75, 3.05) is 10.8 Å². The number of anilines is 1. The van der Waals surface area contributed by atoms with Gasteiger partial charge in [-0.05, 0) is 43.0 Å². The second-order valence-electron chi connectivity index (χ2n) is 6.53. The summed E-state index contributed by atoms with van der Waals surface area (Å²) in [5.41, 5.74) is 8.42. The van der Waals surface area contributed by atoms with E-state index in [1.165, 1.54) is 11.3 Å². The Morgan fingerprint density at radius 1 is 1.12 bits per heavy atom. The lowest BCUT2D eigenvalue weighted by atomic mass is 9.97. The Morgan fingerprint density at radius 3 is 2.67 bits per heavy atom. The van der Waals surface area contributed by atoms with Crippen LogP contribution in [-0.2, 0) is 16.4 Å². The van der Waals surface area contributed by atoms with Crippen molar-refractivity contribution in [1.29, 1.82) is 0 Å². The van der Waals surface area contributed by atoms with Gasteiger partial charge in [0.1, 0.15) is 4.21 Å². The van der Waals surface area contributed by atoms with E-state index in [4.69, 9.17) is 0 Å². The Bertz CT molecular complexity index is 862. The summed E-state index contributed by atoms with van der Waals surface area (Å²) in [4.78, 5) is 1.06. The minimum absolute atomic E-state index is 0.153. The molecule has 0 spiro atoms. The maximum atomic E-state index is 13.1. The summed E-state index contributed by atoms with van der Waals surface area (Å²) in [7, 11) is -3.49. The van der Waals surface area contributed by atoms with E-state index in [1.54, 1.807) is 10.4 Å². The van der Waals surface area contributed by atoms with Gasteiger partial charge in [-0.3, -0.25) is 9.73 Å². The topological polar surface area (TPSA) is 61.4 Å². The number of nitrogens with one attached hydrogen (secondary N) is 2. The summed E-state index contributed by atoms with van der Waals surface area (Å²) < 4.78 is 28.1. The molecular weight excluding hydrogens is 342 g/mol. The number of hydrazine groups is 1. The summed E-state index contributed by atoms with van der Waals surface area (Å²) in [6.07, 6.45) is 0.774. The number of nitrogens with zero attached hydrogens (tertiary/aromatic N) is 1. The number of fused-ring (bicyclic) bond motifs is 1. The Labute approximate surface area is 146 Å². The van der Waals surface area contributed by atoms with E-state index >= 15 is 0 Å². The van der Waals surface area contributed by atoms with Gasteiger partial charge in [-0.2, -0.15) is 0 Å². The lowest BCUT2D eigenvalue weighted by Crippen LogP contribution is -2.29. The van der Waals surface area contributed by atoms with Crippen LogP contribution in [0.1, 0.15) is 30.3 Å². The molecule has 1 saturated heterocycles. The van der Waals surface area contributed by atoms with E-state index in [1.807, 2.05) is 30.3 Å². The average Bonchev–Trinajstić information content (AvgIpc) is 3.27. The van der Waals surface area contributed by atoms with Crippen LogP contribution in [0, 0.1) is 5.92 Å². The van der Waals surface area contributed by atoms with Crippen molar-refractivity contribution in [2.24, 2.45) is 5.92 Å². The van der Waals surface area contributed by atoms with Crippen LogP contribution in [0.25, 0.3) is 0 Å². The Balaban J connectivity index is 1.65. The van der Waals surface area contributed by atoms with Gasteiger partial charge < -0.3 is 0 Å². The SMILES string of the molecule is CC1NNC(c2ccc(S(=O)(=O)N3CCc4ccccc43)s2)C1C. The fourth-order valence-corrected chi connectivity index (χ4v) is 6.52. The summed E-state index contributed by atoms with van der Waals surface area (Å²) in [6, 6.07) is 11.9. The van der Waals surface area contributed by atoms with Crippen LogP contribution in [0.5, 0.6) is 0 Å². The summed E-state index contributed by atoms with van der Waals surface area (Å²) >= 11 is 1.37.